The Labute approximate surface area is 126 Å². The van der Waals surface area contributed by atoms with Crippen LogP contribution in [0.4, 0.5) is 0 Å². The van der Waals surface area contributed by atoms with Crippen LogP contribution in [0.2, 0.25) is 5.02 Å². The first-order chi connectivity index (χ1) is 10.1. The molecule has 0 radical (unpaired) electrons. The standard InChI is InChI=1S/C15H13ClN2O3/c16-12-9-17-7-6-11(12)14(19)18-13(15(20)21)8-10-4-2-1-3-5-10/h1-7,9,13H,8H2,(H,18,19)(H,20,21)/t13-/m1/s1. The number of benzene rings is 1. The van der Waals surface area contributed by atoms with Crippen molar-refractivity contribution in [2.75, 3.05) is 0 Å². The highest BCUT2D eigenvalue weighted by Crippen LogP contribution is 2.13. The van der Waals surface area contributed by atoms with Gasteiger partial charge >= 0.3 is 5.97 Å². The number of pyridine rings is 1. The fourth-order valence-electron chi connectivity index (χ4n) is 1.85. The van der Waals surface area contributed by atoms with Crippen molar-refractivity contribution in [3.05, 3.63) is 64.9 Å². The molecule has 2 N–H and O–H groups in total. The van der Waals surface area contributed by atoms with Crippen molar-refractivity contribution < 1.29 is 14.7 Å². The summed E-state index contributed by atoms with van der Waals surface area (Å²) in [5.74, 6) is -1.64. The van der Waals surface area contributed by atoms with Gasteiger partial charge in [-0.25, -0.2) is 4.79 Å². The number of carbonyl (C=O) groups is 2. The fourth-order valence-corrected chi connectivity index (χ4v) is 2.05. The summed E-state index contributed by atoms with van der Waals surface area (Å²) in [6.45, 7) is 0. The first kappa shape index (κ1) is 15.0. The van der Waals surface area contributed by atoms with E-state index >= 15 is 0 Å². The number of aromatic nitrogens is 1. The number of nitrogens with one attached hydrogen (secondary N) is 1. The summed E-state index contributed by atoms with van der Waals surface area (Å²) < 4.78 is 0. The molecule has 0 spiro atoms. The number of amides is 1. The maximum absolute atomic E-state index is 12.1. The second-order valence-electron chi connectivity index (χ2n) is 4.41. The molecule has 1 atom stereocenters. The predicted octanol–water partition coefficient (Wildman–Crippen LogP) is 2.16. The third kappa shape index (κ3) is 4.03. The largest absolute Gasteiger partial charge is 0.480 e. The maximum Gasteiger partial charge on any atom is 0.326 e. The van der Waals surface area contributed by atoms with Gasteiger partial charge in [0.2, 0.25) is 0 Å². The molecule has 21 heavy (non-hydrogen) atoms. The molecule has 0 fully saturated rings. The number of rotatable bonds is 5. The van der Waals surface area contributed by atoms with E-state index in [1.807, 2.05) is 30.3 Å². The predicted molar refractivity (Wildman–Crippen MR) is 78.3 cm³/mol. The smallest absolute Gasteiger partial charge is 0.326 e. The maximum atomic E-state index is 12.1. The van der Waals surface area contributed by atoms with E-state index in [9.17, 15) is 14.7 Å². The molecule has 2 rings (SSSR count). The van der Waals surface area contributed by atoms with Gasteiger partial charge in [0, 0.05) is 18.8 Å². The fraction of sp³-hybridized carbons (Fsp3) is 0.133. The lowest BCUT2D eigenvalue weighted by molar-refractivity contribution is -0.139. The van der Waals surface area contributed by atoms with Crippen LogP contribution in [-0.4, -0.2) is 28.0 Å². The highest BCUT2D eigenvalue weighted by atomic mass is 35.5. The van der Waals surface area contributed by atoms with Crippen molar-refractivity contribution in [2.24, 2.45) is 0 Å². The number of carboxylic acids is 1. The summed E-state index contributed by atoms with van der Waals surface area (Å²) in [4.78, 5) is 27.2. The van der Waals surface area contributed by atoms with Crippen LogP contribution in [0.3, 0.4) is 0 Å². The summed E-state index contributed by atoms with van der Waals surface area (Å²) in [6.07, 6.45) is 2.96. The third-order valence-corrected chi connectivity index (χ3v) is 3.20. The molecule has 1 aromatic carbocycles. The molecule has 108 valence electrons. The van der Waals surface area contributed by atoms with Crippen LogP contribution in [0, 0.1) is 0 Å². The van der Waals surface area contributed by atoms with Gasteiger partial charge in [0.1, 0.15) is 6.04 Å². The Morgan fingerprint density at radius 3 is 2.57 bits per heavy atom. The molecule has 1 heterocycles. The first-order valence-electron chi connectivity index (χ1n) is 6.25. The molecule has 5 nitrogen and oxygen atoms in total. The van der Waals surface area contributed by atoms with Gasteiger partial charge in [0.25, 0.3) is 5.91 Å². The minimum absolute atomic E-state index is 0.179. The number of carbonyl (C=O) groups excluding carboxylic acids is 1. The molecule has 0 aliphatic rings. The van der Waals surface area contributed by atoms with E-state index in [4.69, 9.17) is 11.6 Å². The summed E-state index contributed by atoms with van der Waals surface area (Å²) in [7, 11) is 0. The zero-order chi connectivity index (χ0) is 15.2. The van der Waals surface area contributed by atoms with E-state index in [0.29, 0.717) is 0 Å². The van der Waals surface area contributed by atoms with Crippen molar-refractivity contribution in [3.8, 4) is 0 Å². The van der Waals surface area contributed by atoms with E-state index in [2.05, 4.69) is 10.3 Å². The molecule has 0 aliphatic carbocycles. The minimum Gasteiger partial charge on any atom is -0.480 e. The summed E-state index contributed by atoms with van der Waals surface area (Å²) in [6, 6.07) is 9.51. The van der Waals surface area contributed by atoms with Gasteiger partial charge in [-0.3, -0.25) is 9.78 Å². The zero-order valence-corrected chi connectivity index (χ0v) is 11.7. The molecule has 0 aliphatic heterocycles. The Balaban J connectivity index is 2.12. The molecular formula is C15H13ClN2O3. The number of hydrogen-bond acceptors (Lipinski definition) is 3. The molecule has 2 aromatic rings. The molecular weight excluding hydrogens is 292 g/mol. The summed E-state index contributed by atoms with van der Waals surface area (Å²) in [5, 5.41) is 11.9. The van der Waals surface area contributed by atoms with E-state index in [0.717, 1.165) is 5.56 Å². The Morgan fingerprint density at radius 1 is 1.24 bits per heavy atom. The number of nitrogens with zero attached hydrogens (tertiary/aromatic N) is 1. The highest BCUT2D eigenvalue weighted by molar-refractivity contribution is 6.33. The lowest BCUT2D eigenvalue weighted by atomic mass is 10.1. The minimum atomic E-state index is -1.10. The van der Waals surface area contributed by atoms with E-state index < -0.39 is 17.9 Å². The van der Waals surface area contributed by atoms with Gasteiger partial charge in [-0.1, -0.05) is 41.9 Å². The molecule has 6 heteroatoms. The lowest BCUT2D eigenvalue weighted by Crippen LogP contribution is -2.42. The average Bonchev–Trinajstić information content (AvgIpc) is 2.48. The molecule has 1 amide bonds. The Kier molecular flexibility index (Phi) is 4.90. The Bertz CT molecular complexity index is 646. The van der Waals surface area contributed by atoms with E-state index in [1.54, 1.807) is 0 Å². The monoisotopic (exact) mass is 304 g/mol. The molecule has 0 saturated carbocycles. The quantitative estimate of drug-likeness (QED) is 0.887. The SMILES string of the molecule is O=C(N[C@H](Cc1ccccc1)C(=O)O)c1ccncc1Cl. The first-order valence-corrected chi connectivity index (χ1v) is 6.63. The lowest BCUT2D eigenvalue weighted by Gasteiger charge is -2.15. The van der Waals surface area contributed by atoms with Crippen LogP contribution in [0.5, 0.6) is 0 Å². The van der Waals surface area contributed by atoms with Crippen molar-refractivity contribution in [2.45, 2.75) is 12.5 Å². The number of hydrogen-bond donors (Lipinski definition) is 2. The van der Waals surface area contributed by atoms with E-state index in [-0.39, 0.29) is 17.0 Å². The second kappa shape index (κ2) is 6.85. The molecule has 1 aromatic heterocycles. The number of halogens is 1. The second-order valence-corrected chi connectivity index (χ2v) is 4.82. The average molecular weight is 305 g/mol. The van der Waals surface area contributed by atoms with Gasteiger partial charge in [-0.05, 0) is 11.6 Å². The van der Waals surface area contributed by atoms with Crippen LogP contribution in [0.1, 0.15) is 15.9 Å². The van der Waals surface area contributed by atoms with Gasteiger partial charge in [0.15, 0.2) is 0 Å². The Morgan fingerprint density at radius 2 is 1.95 bits per heavy atom. The summed E-state index contributed by atoms with van der Waals surface area (Å²) >= 11 is 5.87. The third-order valence-electron chi connectivity index (χ3n) is 2.90. The van der Waals surface area contributed by atoms with Crippen LogP contribution in [0.25, 0.3) is 0 Å². The van der Waals surface area contributed by atoms with Crippen molar-refractivity contribution in [3.63, 3.8) is 0 Å². The van der Waals surface area contributed by atoms with Crippen LogP contribution >= 0.6 is 11.6 Å². The van der Waals surface area contributed by atoms with Crippen LogP contribution < -0.4 is 5.32 Å². The number of aliphatic carboxylic acids is 1. The van der Waals surface area contributed by atoms with Gasteiger partial charge < -0.3 is 10.4 Å². The van der Waals surface area contributed by atoms with Crippen molar-refractivity contribution >= 4 is 23.5 Å². The van der Waals surface area contributed by atoms with E-state index in [1.165, 1.54) is 18.5 Å². The van der Waals surface area contributed by atoms with Crippen molar-refractivity contribution in [1.29, 1.82) is 0 Å². The highest BCUT2D eigenvalue weighted by Gasteiger charge is 2.22. The topological polar surface area (TPSA) is 79.3 Å². The van der Waals surface area contributed by atoms with Gasteiger partial charge in [-0.2, -0.15) is 0 Å². The van der Waals surface area contributed by atoms with Crippen LogP contribution in [-0.2, 0) is 11.2 Å². The Hall–Kier alpha value is -2.40. The van der Waals surface area contributed by atoms with Crippen LogP contribution in [0.15, 0.2) is 48.8 Å². The molecule has 0 saturated heterocycles. The zero-order valence-electron chi connectivity index (χ0n) is 11.0. The van der Waals surface area contributed by atoms with Gasteiger partial charge in [0.05, 0.1) is 10.6 Å². The normalized spacial score (nSPS) is 11.7. The molecule has 0 unspecified atom stereocenters. The van der Waals surface area contributed by atoms with Gasteiger partial charge in [-0.15, -0.1) is 0 Å². The van der Waals surface area contributed by atoms with Crippen molar-refractivity contribution in [1.82, 2.24) is 10.3 Å². The summed E-state index contributed by atoms with van der Waals surface area (Å²) in [5.41, 5.74) is 1.03. The molecule has 0 bridgehead atoms. The number of carboxylic acid groups (broad SMARTS) is 1.